The molecule has 0 radical (unpaired) electrons. The Balaban J connectivity index is 1.87. The molecule has 2 amide bonds. The number of aromatic nitrogens is 2. The van der Waals surface area contributed by atoms with E-state index in [1.807, 2.05) is 0 Å². The molecule has 0 aliphatic rings. The molecule has 0 aliphatic heterocycles. The molecule has 0 saturated heterocycles. The van der Waals surface area contributed by atoms with Gasteiger partial charge >= 0.3 is 0 Å². The third-order valence-corrected chi connectivity index (χ3v) is 4.15. The number of imidazole rings is 1. The van der Waals surface area contributed by atoms with Gasteiger partial charge in [0.1, 0.15) is 0 Å². The van der Waals surface area contributed by atoms with Crippen molar-refractivity contribution in [3.63, 3.8) is 0 Å². The van der Waals surface area contributed by atoms with Crippen molar-refractivity contribution in [2.24, 2.45) is 5.92 Å². The number of amides is 2. The topological polar surface area (TPSA) is 75.5 Å². The standard InChI is InChI=1S/C20H20F2N4O2/c1-12(2)8-9-23-19(27)17-16-5-3-4-10-26(16)18(25-17)20(28)24-13-6-7-14(21)15(22)11-13/h3-7,10-12H,8-9H2,1-2H3,(H,23,27)(H,24,28). The monoisotopic (exact) mass is 386 g/mol. The number of carbonyl (C=O) groups excluding carboxylic acids is 2. The van der Waals surface area contributed by atoms with E-state index in [-0.39, 0.29) is 23.1 Å². The highest BCUT2D eigenvalue weighted by molar-refractivity contribution is 6.06. The van der Waals surface area contributed by atoms with Gasteiger partial charge in [0.05, 0.1) is 5.52 Å². The fourth-order valence-electron chi connectivity index (χ4n) is 2.68. The number of pyridine rings is 1. The first-order valence-electron chi connectivity index (χ1n) is 8.88. The number of halogens is 2. The number of hydrogen-bond acceptors (Lipinski definition) is 3. The van der Waals surface area contributed by atoms with Crippen LogP contribution >= 0.6 is 0 Å². The van der Waals surface area contributed by atoms with Crippen LogP contribution in [0.5, 0.6) is 0 Å². The molecule has 6 nitrogen and oxygen atoms in total. The molecular weight excluding hydrogens is 366 g/mol. The number of nitrogens with zero attached hydrogens (tertiary/aromatic N) is 2. The van der Waals surface area contributed by atoms with E-state index in [9.17, 15) is 18.4 Å². The van der Waals surface area contributed by atoms with Crippen LogP contribution in [0.2, 0.25) is 0 Å². The van der Waals surface area contributed by atoms with E-state index in [1.165, 1.54) is 10.5 Å². The predicted molar refractivity (Wildman–Crippen MR) is 101 cm³/mol. The fraction of sp³-hybridized carbons (Fsp3) is 0.250. The van der Waals surface area contributed by atoms with Crippen molar-refractivity contribution in [1.82, 2.24) is 14.7 Å². The first-order chi connectivity index (χ1) is 13.4. The maximum absolute atomic E-state index is 13.4. The molecule has 0 spiro atoms. The first kappa shape index (κ1) is 19.5. The Bertz CT molecular complexity index is 1030. The average Bonchev–Trinajstić information content (AvgIpc) is 3.04. The zero-order valence-electron chi connectivity index (χ0n) is 15.5. The van der Waals surface area contributed by atoms with Crippen LogP contribution < -0.4 is 10.6 Å². The van der Waals surface area contributed by atoms with Crippen molar-refractivity contribution in [2.75, 3.05) is 11.9 Å². The van der Waals surface area contributed by atoms with Gasteiger partial charge in [0.15, 0.2) is 17.3 Å². The summed E-state index contributed by atoms with van der Waals surface area (Å²) in [6.45, 7) is 4.61. The van der Waals surface area contributed by atoms with Crippen LogP contribution in [-0.2, 0) is 0 Å². The summed E-state index contributed by atoms with van der Waals surface area (Å²) in [7, 11) is 0. The minimum absolute atomic E-state index is 0.0330. The molecule has 146 valence electrons. The second-order valence-corrected chi connectivity index (χ2v) is 6.76. The van der Waals surface area contributed by atoms with Gasteiger partial charge in [-0.25, -0.2) is 13.8 Å². The molecule has 8 heteroatoms. The molecule has 2 aromatic heterocycles. The number of hydrogen-bond donors (Lipinski definition) is 2. The van der Waals surface area contributed by atoms with Crippen molar-refractivity contribution in [1.29, 1.82) is 0 Å². The Hall–Kier alpha value is -3.29. The lowest BCUT2D eigenvalue weighted by atomic mass is 10.1. The maximum atomic E-state index is 13.4. The first-order valence-corrected chi connectivity index (χ1v) is 8.88. The van der Waals surface area contributed by atoms with Crippen molar-refractivity contribution < 1.29 is 18.4 Å². The molecule has 0 unspecified atom stereocenters. The molecular formula is C20H20F2N4O2. The predicted octanol–water partition coefficient (Wildman–Crippen LogP) is 3.64. The largest absolute Gasteiger partial charge is 0.351 e. The summed E-state index contributed by atoms with van der Waals surface area (Å²) in [6, 6.07) is 8.15. The summed E-state index contributed by atoms with van der Waals surface area (Å²) in [5, 5.41) is 5.27. The summed E-state index contributed by atoms with van der Waals surface area (Å²) < 4.78 is 27.9. The Morgan fingerprint density at radius 1 is 1.11 bits per heavy atom. The molecule has 3 rings (SSSR count). The van der Waals surface area contributed by atoms with E-state index in [2.05, 4.69) is 29.5 Å². The van der Waals surface area contributed by atoms with Crippen molar-refractivity contribution in [3.05, 3.63) is 65.7 Å². The Morgan fingerprint density at radius 2 is 1.89 bits per heavy atom. The molecule has 0 aliphatic carbocycles. The Morgan fingerprint density at radius 3 is 2.61 bits per heavy atom. The van der Waals surface area contributed by atoms with Crippen LogP contribution in [0, 0.1) is 17.6 Å². The van der Waals surface area contributed by atoms with Crippen LogP contribution in [-0.4, -0.2) is 27.7 Å². The van der Waals surface area contributed by atoms with E-state index >= 15 is 0 Å². The molecule has 0 saturated carbocycles. The molecule has 1 aromatic carbocycles. The Kier molecular flexibility index (Phi) is 5.67. The molecule has 0 atom stereocenters. The van der Waals surface area contributed by atoms with Gasteiger partial charge in [0, 0.05) is 24.5 Å². The molecule has 2 N–H and O–H groups in total. The van der Waals surface area contributed by atoms with Crippen LogP contribution in [0.3, 0.4) is 0 Å². The van der Waals surface area contributed by atoms with E-state index in [4.69, 9.17) is 0 Å². The average molecular weight is 386 g/mol. The number of carbonyl (C=O) groups is 2. The summed E-state index contributed by atoms with van der Waals surface area (Å²) in [5.74, 6) is -2.70. The van der Waals surface area contributed by atoms with Crippen molar-refractivity contribution in [2.45, 2.75) is 20.3 Å². The van der Waals surface area contributed by atoms with Gasteiger partial charge in [-0.15, -0.1) is 0 Å². The lowest BCUT2D eigenvalue weighted by molar-refractivity contribution is 0.0949. The van der Waals surface area contributed by atoms with E-state index in [1.54, 1.807) is 24.4 Å². The van der Waals surface area contributed by atoms with Gasteiger partial charge in [-0.2, -0.15) is 0 Å². The molecule has 3 aromatic rings. The highest BCUT2D eigenvalue weighted by Crippen LogP contribution is 2.17. The van der Waals surface area contributed by atoms with Gasteiger partial charge in [-0.3, -0.25) is 14.0 Å². The fourth-order valence-corrected chi connectivity index (χ4v) is 2.68. The highest BCUT2D eigenvalue weighted by atomic mass is 19.2. The van der Waals surface area contributed by atoms with Crippen LogP contribution in [0.4, 0.5) is 14.5 Å². The third kappa shape index (κ3) is 4.16. The molecule has 0 fully saturated rings. The van der Waals surface area contributed by atoms with Gasteiger partial charge in [-0.05, 0) is 36.6 Å². The quantitative estimate of drug-likeness (QED) is 0.679. The number of nitrogens with one attached hydrogen (secondary N) is 2. The highest BCUT2D eigenvalue weighted by Gasteiger charge is 2.21. The second kappa shape index (κ2) is 8.16. The third-order valence-electron chi connectivity index (χ3n) is 4.15. The lowest BCUT2D eigenvalue weighted by Crippen LogP contribution is -2.26. The summed E-state index contributed by atoms with van der Waals surface area (Å²) in [6.07, 6.45) is 2.42. The molecule has 2 heterocycles. The minimum Gasteiger partial charge on any atom is -0.351 e. The number of rotatable bonds is 6. The van der Waals surface area contributed by atoms with Crippen LogP contribution in [0.15, 0.2) is 42.6 Å². The van der Waals surface area contributed by atoms with E-state index in [0.29, 0.717) is 18.0 Å². The van der Waals surface area contributed by atoms with Gasteiger partial charge in [0.25, 0.3) is 11.8 Å². The summed E-state index contributed by atoms with van der Waals surface area (Å²) in [4.78, 5) is 29.3. The normalized spacial score (nSPS) is 11.0. The van der Waals surface area contributed by atoms with Gasteiger partial charge in [-0.1, -0.05) is 19.9 Å². The number of anilines is 1. The van der Waals surface area contributed by atoms with Crippen molar-refractivity contribution in [3.8, 4) is 0 Å². The summed E-state index contributed by atoms with van der Waals surface area (Å²) in [5.41, 5.74) is 0.680. The second-order valence-electron chi connectivity index (χ2n) is 6.76. The molecule has 0 bridgehead atoms. The van der Waals surface area contributed by atoms with Gasteiger partial charge in [0.2, 0.25) is 5.82 Å². The summed E-state index contributed by atoms with van der Waals surface area (Å²) >= 11 is 0. The molecule has 28 heavy (non-hydrogen) atoms. The minimum atomic E-state index is -1.07. The number of fused-ring (bicyclic) bond motifs is 1. The van der Waals surface area contributed by atoms with Crippen LogP contribution in [0.1, 0.15) is 41.4 Å². The number of benzene rings is 1. The van der Waals surface area contributed by atoms with Gasteiger partial charge < -0.3 is 10.6 Å². The Labute approximate surface area is 160 Å². The lowest BCUT2D eigenvalue weighted by Gasteiger charge is -2.05. The SMILES string of the molecule is CC(C)CCNC(=O)c1nc(C(=O)Nc2ccc(F)c(F)c2)n2ccccc12. The zero-order valence-corrected chi connectivity index (χ0v) is 15.5. The van der Waals surface area contributed by atoms with E-state index in [0.717, 1.165) is 18.6 Å². The smallest absolute Gasteiger partial charge is 0.292 e. The van der Waals surface area contributed by atoms with Crippen molar-refractivity contribution >= 4 is 23.0 Å². The van der Waals surface area contributed by atoms with E-state index < -0.39 is 17.5 Å². The maximum Gasteiger partial charge on any atom is 0.292 e. The van der Waals surface area contributed by atoms with Crippen LogP contribution in [0.25, 0.3) is 5.52 Å². The zero-order chi connectivity index (χ0) is 20.3.